The first kappa shape index (κ1) is 30.1. The van der Waals surface area contributed by atoms with Crippen molar-refractivity contribution in [3.05, 3.63) is 119 Å². The number of carbonyl (C=O) groups is 3. The highest BCUT2D eigenvalue weighted by molar-refractivity contribution is 6.16. The lowest BCUT2D eigenvalue weighted by Gasteiger charge is -2.17. The molecular weight excluding hydrogens is 554 g/mol. The summed E-state index contributed by atoms with van der Waals surface area (Å²) in [6.07, 6.45) is 4.57. The van der Waals surface area contributed by atoms with E-state index in [2.05, 4.69) is 35.4 Å². The SMILES string of the molecule is C=CCc1cc(/C=C2/NC(=O)N(CC(=O)Nc3ccccc3CC)C2=O)cc(OCC)c1OCc1cccc2ccccc12. The first-order chi connectivity index (χ1) is 21.4. The minimum absolute atomic E-state index is 0.0631. The van der Waals surface area contributed by atoms with Gasteiger partial charge in [-0.1, -0.05) is 73.7 Å². The van der Waals surface area contributed by atoms with Gasteiger partial charge in [0.25, 0.3) is 5.91 Å². The van der Waals surface area contributed by atoms with Crippen molar-refractivity contribution in [2.24, 2.45) is 0 Å². The number of amides is 4. The van der Waals surface area contributed by atoms with Crippen LogP contribution < -0.4 is 20.1 Å². The number of benzene rings is 4. The Kier molecular flexibility index (Phi) is 9.40. The minimum Gasteiger partial charge on any atom is -0.490 e. The average Bonchev–Trinajstić information content (AvgIpc) is 3.28. The van der Waals surface area contributed by atoms with Crippen molar-refractivity contribution >= 4 is 40.4 Å². The van der Waals surface area contributed by atoms with Gasteiger partial charge < -0.3 is 20.1 Å². The van der Waals surface area contributed by atoms with Gasteiger partial charge >= 0.3 is 6.03 Å². The molecule has 1 saturated heterocycles. The first-order valence-electron chi connectivity index (χ1n) is 14.6. The number of nitrogens with zero attached hydrogens (tertiary/aromatic N) is 1. The lowest BCUT2D eigenvalue weighted by atomic mass is 10.0. The summed E-state index contributed by atoms with van der Waals surface area (Å²) in [6, 6.07) is 24.7. The van der Waals surface area contributed by atoms with E-state index in [9.17, 15) is 14.4 Å². The molecule has 8 heteroatoms. The predicted molar refractivity (Wildman–Crippen MR) is 172 cm³/mol. The van der Waals surface area contributed by atoms with Crippen LogP contribution in [-0.2, 0) is 29.0 Å². The second-order valence-corrected chi connectivity index (χ2v) is 10.3. The van der Waals surface area contributed by atoms with Gasteiger partial charge in [-0.25, -0.2) is 9.69 Å². The summed E-state index contributed by atoms with van der Waals surface area (Å²) in [6.45, 7) is 8.09. The molecule has 4 aromatic carbocycles. The fourth-order valence-electron chi connectivity index (χ4n) is 5.23. The van der Waals surface area contributed by atoms with Crippen LogP contribution in [-0.4, -0.2) is 35.9 Å². The normalized spacial score (nSPS) is 13.7. The van der Waals surface area contributed by atoms with Gasteiger partial charge in [-0.2, -0.15) is 0 Å². The van der Waals surface area contributed by atoms with Crippen LogP contribution in [0, 0.1) is 0 Å². The van der Waals surface area contributed by atoms with E-state index in [0.29, 0.717) is 42.4 Å². The maximum absolute atomic E-state index is 13.2. The van der Waals surface area contributed by atoms with E-state index < -0.39 is 24.4 Å². The summed E-state index contributed by atoms with van der Waals surface area (Å²) in [4.78, 5) is 39.6. The number of ether oxygens (including phenoxy) is 2. The Hall–Kier alpha value is -5.37. The topological polar surface area (TPSA) is 97.0 Å². The van der Waals surface area contributed by atoms with Crippen molar-refractivity contribution < 1.29 is 23.9 Å². The number of hydrogen-bond donors (Lipinski definition) is 2. The van der Waals surface area contributed by atoms with Crippen LogP contribution in [0.25, 0.3) is 16.8 Å². The average molecular weight is 590 g/mol. The molecule has 0 atom stereocenters. The van der Waals surface area contributed by atoms with Crippen molar-refractivity contribution in [2.75, 3.05) is 18.5 Å². The van der Waals surface area contributed by atoms with Gasteiger partial charge in [0.1, 0.15) is 18.8 Å². The summed E-state index contributed by atoms with van der Waals surface area (Å²) >= 11 is 0. The van der Waals surface area contributed by atoms with Crippen LogP contribution in [0.3, 0.4) is 0 Å². The number of nitrogens with one attached hydrogen (secondary N) is 2. The Balaban J connectivity index is 1.37. The summed E-state index contributed by atoms with van der Waals surface area (Å²) in [7, 11) is 0. The largest absolute Gasteiger partial charge is 0.490 e. The number of aryl methyl sites for hydroxylation is 1. The molecule has 1 heterocycles. The van der Waals surface area contributed by atoms with Gasteiger partial charge in [0, 0.05) is 11.3 Å². The Morgan fingerprint density at radius 2 is 1.68 bits per heavy atom. The molecule has 0 radical (unpaired) electrons. The van der Waals surface area contributed by atoms with E-state index in [1.54, 1.807) is 24.3 Å². The smallest absolute Gasteiger partial charge is 0.329 e. The quantitative estimate of drug-likeness (QED) is 0.110. The molecule has 1 aliphatic heterocycles. The van der Waals surface area contributed by atoms with Crippen LogP contribution in [0.15, 0.2) is 97.2 Å². The minimum atomic E-state index is -0.661. The first-order valence-corrected chi connectivity index (χ1v) is 14.6. The van der Waals surface area contributed by atoms with Gasteiger partial charge in [-0.05, 0) is 71.5 Å². The van der Waals surface area contributed by atoms with E-state index in [1.165, 1.54) is 0 Å². The zero-order valence-corrected chi connectivity index (χ0v) is 24.9. The molecule has 5 rings (SSSR count). The monoisotopic (exact) mass is 589 g/mol. The van der Waals surface area contributed by atoms with Crippen molar-refractivity contribution in [1.82, 2.24) is 10.2 Å². The van der Waals surface area contributed by atoms with Crippen molar-refractivity contribution in [2.45, 2.75) is 33.3 Å². The molecule has 0 bridgehead atoms. The highest BCUT2D eigenvalue weighted by Gasteiger charge is 2.35. The van der Waals surface area contributed by atoms with Crippen LogP contribution in [0.2, 0.25) is 0 Å². The molecule has 0 aliphatic carbocycles. The van der Waals surface area contributed by atoms with Gasteiger partial charge in [-0.15, -0.1) is 6.58 Å². The molecule has 224 valence electrons. The zero-order valence-electron chi connectivity index (χ0n) is 24.9. The zero-order chi connectivity index (χ0) is 31.1. The maximum atomic E-state index is 13.2. The Morgan fingerprint density at radius 3 is 2.48 bits per heavy atom. The number of imide groups is 1. The lowest BCUT2D eigenvalue weighted by molar-refractivity contribution is -0.127. The molecule has 4 aromatic rings. The van der Waals surface area contributed by atoms with E-state index in [-0.39, 0.29) is 5.70 Å². The number of rotatable bonds is 12. The Morgan fingerprint density at radius 1 is 0.932 bits per heavy atom. The van der Waals surface area contributed by atoms with Crippen molar-refractivity contribution in [1.29, 1.82) is 0 Å². The molecule has 8 nitrogen and oxygen atoms in total. The molecule has 4 amide bonds. The number of allylic oxidation sites excluding steroid dienone is 1. The van der Waals surface area contributed by atoms with Crippen molar-refractivity contribution in [3.63, 3.8) is 0 Å². The van der Waals surface area contributed by atoms with E-state index in [4.69, 9.17) is 9.47 Å². The van der Waals surface area contributed by atoms with Crippen molar-refractivity contribution in [3.8, 4) is 11.5 Å². The fourth-order valence-corrected chi connectivity index (χ4v) is 5.23. The summed E-state index contributed by atoms with van der Waals surface area (Å²) in [5, 5.41) is 7.65. The molecule has 1 fully saturated rings. The maximum Gasteiger partial charge on any atom is 0.329 e. The number of hydrogen-bond acceptors (Lipinski definition) is 5. The predicted octanol–water partition coefficient (Wildman–Crippen LogP) is 6.64. The molecule has 0 aromatic heterocycles. The molecule has 0 unspecified atom stereocenters. The highest BCUT2D eigenvalue weighted by atomic mass is 16.5. The molecule has 44 heavy (non-hydrogen) atoms. The third-order valence-electron chi connectivity index (χ3n) is 7.32. The van der Waals surface area contributed by atoms with Gasteiger partial charge in [0.15, 0.2) is 11.5 Å². The third-order valence-corrected chi connectivity index (χ3v) is 7.32. The van der Waals surface area contributed by atoms with Crippen LogP contribution in [0.4, 0.5) is 10.5 Å². The second kappa shape index (κ2) is 13.7. The van der Waals surface area contributed by atoms with Gasteiger partial charge in [0.2, 0.25) is 5.91 Å². The van der Waals surface area contributed by atoms with Crippen LogP contribution in [0.1, 0.15) is 36.1 Å². The summed E-state index contributed by atoms with van der Waals surface area (Å²) in [5.41, 5.74) is 4.18. The van der Waals surface area contributed by atoms with E-state index in [1.807, 2.05) is 62.4 Å². The number of fused-ring (bicyclic) bond motifs is 1. The third kappa shape index (κ3) is 6.65. The van der Waals surface area contributed by atoms with E-state index >= 15 is 0 Å². The molecule has 0 saturated carbocycles. The second-order valence-electron chi connectivity index (χ2n) is 10.3. The summed E-state index contributed by atoms with van der Waals surface area (Å²) in [5.74, 6) is 0.0551. The molecule has 1 aliphatic rings. The number of carbonyl (C=O) groups excluding carboxylic acids is 3. The standard InChI is InChI=1S/C36H35N3O5/c1-4-12-27-19-24(21-32(43-6-3)34(27)44-23-28-16-11-15-26-14-7-9-17-29(26)28)20-31-35(41)39(36(42)38-31)22-33(40)37-30-18-10-8-13-25(30)5-2/h4,7-11,13-21H,1,5-6,12,22-23H2,2-3H3,(H,37,40)(H,38,42)/b31-20+. The number of anilines is 1. The Labute approximate surface area is 257 Å². The lowest BCUT2D eigenvalue weighted by Crippen LogP contribution is -2.38. The fraction of sp³-hybridized carbons (Fsp3) is 0.194. The van der Waals surface area contributed by atoms with Crippen LogP contribution in [0.5, 0.6) is 11.5 Å². The Bertz CT molecular complexity index is 1750. The number of urea groups is 1. The molecular formula is C36H35N3O5. The van der Waals surface area contributed by atoms with Gasteiger partial charge in [-0.3, -0.25) is 9.59 Å². The molecule has 2 N–H and O–H groups in total. The summed E-state index contributed by atoms with van der Waals surface area (Å²) < 4.78 is 12.4. The highest BCUT2D eigenvalue weighted by Crippen LogP contribution is 2.36. The van der Waals surface area contributed by atoms with E-state index in [0.717, 1.165) is 38.8 Å². The molecule has 0 spiro atoms. The van der Waals surface area contributed by atoms with Crippen LogP contribution >= 0.6 is 0 Å². The number of para-hydroxylation sites is 1. The van der Waals surface area contributed by atoms with Gasteiger partial charge in [0.05, 0.1) is 6.61 Å².